The predicted molar refractivity (Wildman–Crippen MR) is 90.0 cm³/mol. The summed E-state index contributed by atoms with van der Waals surface area (Å²) in [7, 11) is 0.0885. The van der Waals surface area contributed by atoms with Crippen LogP contribution >= 0.6 is 0 Å². The fourth-order valence-corrected chi connectivity index (χ4v) is 2.74. The van der Waals surface area contributed by atoms with Gasteiger partial charge in [-0.25, -0.2) is 0 Å². The van der Waals surface area contributed by atoms with E-state index >= 15 is 0 Å². The van der Waals surface area contributed by atoms with E-state index in [2.05, 4.69) is 45.8 Å². The summed E-state index contributed by atoms with van der Waals surface area (Å²) >= 11 is 0. The molecule has 0 fully saturated rings. The van der Waals surface area contributed by atoms with Gasteiger partial charge in [0.05, 0.1) is 6.10 Å². The monoisotopic (exact) mass is 299 g/mol. The first-order chi connectivity index (χ1) is 9.03. The van der Waals surface area contributed by atoms with Crippen molar-refractivity contribution in [1.82, 2.24) is 5.34 Å². The van der Waals surface area contributed by atoms with E-state index in [0.717, 1.165) is 18.3 Å². The van der Waals surface area contributed by atoms with Crippen molar-refractivity contribution in [3.63, 3.8) is 0 Å². The molecule has 0 bridgehead atoms. The number of hydrogen-bond acceptors (Lipinski definition) is 4. The number of nitrogens with one attached hydrogen (secondary N) is 1. The molecule has 0 aliphatic heterocycles. The zero-order valence-electron chi connectivity index (χ0n) is 14.0. The molecule has 0 unspecified atom stereocenters. The number of rotatable bonds is 9. The van der Waals surface area contributed by atoms with Gasteiger partial charge in [-0.2, -0.15) is 0 Å². The van der Waals surface area contributed by atoms with Crippen LogP contribution in [0.4, 0.5) is 0 Å². The van der Waals surface area contributed by atoms with Crippen LogP contribution < -0.4 is 11.2 Å². The quantitative estimate of drug-likeness (QED) is 0.265. The highest BCUT2D eigenvalue weighted by Crippen LogP contribution is 2.37. The molecule has 0 rings (SSSR count). The zero-order chi connectivity index (χ0) is 16.0. The predicted octanol–water partition coefficient (Wildman–Crippen LogP) is 2.45. The average Bonchev–Trinajstić information content (AvgIpc) is 2.30. The number of nitrogens with two attached hydrogens (primary N) is 1. The Kier molecular flexibility index (Phi) is 8.28. The minimum absolute atomic E-state index is 0.191. The van der Waals surface area contributed by atoms with Gasteiger partial charge in [0.15, 0.2) is 8.32 Å². The molecule has 0 aliphatic carbocycles. The summed E-state index contributed by atoms with van der Waals surface area (Å²) in [6.07, 6.45) is 1.11. The second kappa shape index (κ2) is 8.34. The third-order valence-corrected chi connectivity index (χ3v) is 8.85. The first-order valence-corrected chi connectivity index (χ1v) is 10.2. The molecule has 6 heteroatoms. The lowest BCUT2D eigenvalue weighted by Gasteiger charge is -2.36. The Balaban J connectivity index is 4.44. The van der Waals surface area contributed by atoms with Crippen molar-refractivity contribution in [2.75, 3.05) is 6.61 Å². The molecule has 0 saturated carbocycles. The van der Waals surface area contributed by atoms with Gasteiger partial charge in [0.1, 0.15) is 0 Å². The van der Waals surface area contributed by atoms with E-state index in [4.69, 9.17) is 10.3 Å². The van der Waals surface area contributed by atoms with E-state index in [1.54, 1.807) is 14.3 Å². The molecule has 0 aliphatic rings. The van der Waals surface area contributed by atoms with Crippen molar-refractivity contribution in [1.29, 1.82) is 0 Å². The van der Waals surface area contributed by atoms with E-state index < -0.39 is 14.4 Å². The highest BCUT2D eigenvalue weighted by molar-refractivity contribution is 6.74. The van der Waals surface area contributed by atoms with Crippen LogP contribution in [0.3, 0.4) is 0 Å². The van der Waals surface area contributed by atoms with Crippen molar-refractivity contribution in [2.24, 2.45) is 11.8 Å². The van der Waals surface area contributed by atoms with Crippen molar-refractivity contribution in [3.8, 4) is 0 Å². The summed E-state index contributed by atoms with van der Waals surface area (Å²) in [5, 5.41) is 12.4. The Labute approximate surface area is 126 Å². The Bertz CT molecular complexity index is 304. The van der Waals surface area contributed by atoms with Gasteiger partial charge in [0.2, 0.25) is 7.41 Å². The fourth-order valence-electron chi connectivity index (χ4n) is 1.68. The largest absolute Gasteiger partial charge is 0.417 e. The third kappa shape index (κ3) is 6.54. The van der Waals surface area contributed by atoms with Gasteiger partial charge in [-0.3, -0.25) is 5.84 Å². The first-order valence-electron chi connectivity index (χ1n) is 7.31. The van der Waals surface area contributed by atoms with Gasteiger partial charge in [-0.15, -0.1) is 0 Å². The fraction of sp³-hybridized carbons (Fsp3) is 0.857. The minimum Gasteiger partial charge on any atom is -0.417 e. The van der Waals surface area contributed by atoms with E-state index in [1.165, 1.54) is 0 Å². The number of aliphatic hydroxyl groups excluding tert-OH is 1. The second-order valence-corrected chi connectivity index (χ2v) is 11.8. The molecular weight excluding hydrogens is 267 g/mol. The molecule has 1 radical (unpaired) electrons. The van der Waals surface area contributed by atoms with Crippen LogP contribution in [0.2, 0.25) is 24.5 Å². The molecule has 0 saturated heterocycles. The smallest absolute Gasteiger partial charge is 0.225 e. The molecule has 4 N–H and O–H groups in total. The Morgan fingerprint density at radius 1 is 1.45 bits per heavy atom. The van der Waals surface area contributed by atoms with Gasteiger partial charge in [0.25, 0.3) is 0 Å². The van der Waals surface area contributed by atoms with Crippen molar-refractivity contribution in [2.45, 2.75) is 64.7 Å². The summed E-state index contributed by atoms with van der Waals surface area (Å²) in [6, 6.07) is 0. The SMILES string of the molecule is C=C([C@@H](C[B]NN)CCO[Si](C)(C)C(C)(C)C)[C@@H](C)O. The van der Waals surface area contributed by atoms with E-state index in [1.807, 2.05) is 0 Å². The average molecular weight is 299 g/mol. The van der Waals surface area contributed by atoms with E-state index in [-0.39, 0.29) is 11.0 Å². The molecule has 0 amide bonds. The maximum absolute atomic E-state index is 9.68. The van der Waals surface area contributed by atoms with Crippen LogP contribution in [0.1, 0.15) is 34.1 Å². The van der Waals surface area contributed by atoms with Crippen LogP contribution in [0.5, 0.6) is 0 Å². The molecule has 0 aromatic carbocycles. The molecule has 0 aromatic heterocycles. The highest BCUT2D eigenvalue weighted by atomic mass is 28.4. The van der Waals surface area contributed by atoms with Crippen LogP contribution in [0.25, 0.3) is 0 Å². The van der Waals surface area contributed by atoms with Crippen molar-refractivity contribution < 1.29 is 9.53 Å². The lowest BCUT2D eigenvalue weighted by molar-refractivity contribution is 0.207. The summed E-state index contributed by atoms with van der Waals surface area (Å²) < 4.78 is 6.18. The lowest BCUT2D eigenvalue weighted by atomic mass is 9.76. The highest BCUT2D eigenvalue weighted by Gasteiger charge is 2.37. The summed E-state index contributed by atoms with van der Waals surface area (Å²) in [5.41, 5.74) is 0.843. The minimum atomic E-state index is -1.71. The van der Waals surface area contributed by atoms with E-state index in [9.17, 15) is 5.11 Å². The van der Waals surface area contributed by atoms with Crippen molar-refractivity contribution >= 4 is 15.7 Å². The molecule has 0 spiro atoms. The normalized spacial score (nSPS) is 15.8. The van der Waals surface area contributed by atoms with Crippen molar-refractivity contribution in [3.05, 3.63) is 12.2 Å². The van der Waals surface area contributed by atoms with Crippen LogP contribution in [-0.4, -0.2) is 33.5 Å². The molecule has 0 aromatic rings. The number of hydrogen-bond donors (Lipinski definition) is 3. The van der Waals surface area contributed by atoms with Crippen LogP contribution in [-0.2, 0) is 4.43 Å². The maximum Gasteiger partial charge on any atom is 0.225 e. The molecule has 2 atom stereocenters. The second-order valence-electron chi connectivity index (χ2n) is 6.95. The zero-order valence-corrected chi connectivity index (χ0v) is 15.0. The van der Waals surface area contributed by atoms with Gasteiger partial charge < -0.3 is 14.9 Å². The summed E-state index contributed by atoms with van der Waals surface area (Å²) in [5.74, 6) is 5.48. The van der Waals surface area contributed by atoms with Gasteiger partial charge in [-0.05, 0) is 43.0 Å². The van der Waals surface area contributed by atoms with E-state index in [0.29, 0.717) is 6.61 Å². The number of hydrazine groups is 1. The molecule has 0 heterocycles. The standard InChI is InChI=1S/C14H32BN2O2Si/c1-11(12(2)18)13(10-15-17-16)8-9-19-20(6,7)14(3,4)5/h12-13,17-18H,1,8-10,16H2,2-7H3/t12-,13-/m1/s1. The molecular formula is C14H32BN2O2Si. The first kappa shape index (κ1) is 19.9. The number of aliphatic hydroxyl groups is 1. The summed E-state index contributed by atoms with van der Waals surface area (Å²) in [6.45, 7) is 17.6. The van der Waals surface area contributed by atoms with Gasteiger partial charge >= 0.3 is 0 Å². The molecule has 117 valence electrons. The Morgan fingerprint density at radius 3 is 2.40 bits per heavy atom. The van der Waals surface area contributed by atoms with Gasteiger partial charge in [-0.1, -0.05) is 33.7 Å². The van der Waals surface area contributed by atoms with Crippen LogP contribution in [0.15, 0.2) is 12.2 Å². The Morgan fingerprint density at radius 2 is 2.00 bits per heavy atom. The third-order valence-electron chi connectivity index (χ3n) is 4.32. The maximum atomic E-state index is 9.68. The lowest BCUT2D eigenvalue weighted by Crippen LogP contribution is -2.41. The topological polar surface area (TPSA) is 67.5 Å². The van der Waals surface area contributed by atoms with Gasteiger partial charge in [0, 0.05) is 6.61 Å². The van der Waals surface area contributed by atoms with Crippen LogP contribution in [0, 0.1) is 5.92 Å². The molecule has 20 heavy (non-hydrogen) atoms. The summed E-state index contributed by atoms with van der Waals surface area (Å²) in [4.78, 5) is 0. The Hall–Kier alpha value is -0.138. The molecule has 4 nitrogen and oxygen atoms in total.